The van der Waals surface area contributed by atoms with E-state index in [0.29, 0.717) is 16.5 Å². The third-order valence-electron chi connectivity index (χ3n) is 2.17. The minimum Gasteiger partial charge on any atom is -0.494 e. The minimum absolute atomic E-state index is 0.0852. The van der Waals surface area contributed by atoms with Crippen molar-refractivity contribution in [2.24, 2.45) is 0 Å². The van der Waals surface area contributed by atoms with Crippen LogP contribution in [0, 0.1) is 0 Å². The molecule has 0 radical (unpaired) electrons. The zero-order chi connectivity index (χ0) is 12.4. The number of nitrogens with zero attached hydrogens (tertiary/aromatic N) is 2. The highest BCUT2D eigenvalue weighted by Gasteiger charge is 2.10. The third-order valence-corrected chi connectivity index (χ3v) is 2.69. The number of ether oxygens (including phenoxy) is 1. The van der Waals surface area contributed by atoms with Crippen LogP contribution in [-0.4, -0.2) is 16.9 Å². The molecule has 0 atom stereocenters. The molecular formula is C11H8Cl2N2O2. The molecule has 0 N–H and O–H groups in total. The van der Waals surface area contributed by atoms with Crippen molar-refractivity contribution in [2.75, 3.05) is 7.11 Å². The van der Waals surface area contributed by atoms with Crippen molar-refractivity contribution in [3.63, 3.8) is 0 Å². The highest BCUT2D eigenvalue weighted by molar-refractivity contribution is 6.31. The van der Waals surface area contributed by atoms with Gasteiger partial charge in [-0.1, -0.05) is 23.2 Å². The largest absolute Gasteiger partial charge is 0.494 e. The predicted molar refractivity (Wildman–Crippen MR) is 66.4 cm³/mol. The van der Waals surface area contributed by atoms with Crippen LogP contribution in [0.3, 0.4) is 0 Å². The van der Waals surface area contributed by atoms with Crippen molar-refractivity contribution in [3.8, 4) is 11.4 Å². The Morgan fingerprint density at radius 1 is 1.29 bits per heavy atom. The Kier molecular flexibility index (Phi) is 3.36. The van der Waals surface area contributed by atoms with Crippen LogP contribution >= 0.6 is 23.2 Å². The van der Waals surface area contributed by atoms with Gasteiger partial charge in [-0.05, 0) is 24.3 Å². The number of rotatable bonds is 2. The van der Waals surface area contributed by atoms with Crippen molar-refractivity contribution in [1.29, 1.82) is 0 Å². The van der Waals surface area contributed by atoms with Crippen LogP contribution < -0.4 is 10.3 Å². The van der Waals surface area contributed by atoms with Gasteiger partial charge in [0, 0.05) is 11.2 Å². The summed E-state index contributed by atoms with van der Waals surface area (Å²) >= 11 is 11.6. The molecule has 4 nitrogen and oxygen atoms in total. The van der Waals surface area contributed by atoms with Gasteiger partial charge in [-0.15, -0.1) is 0 Å². The molecule has 1 aromatic carbocycles. The molecule has 0 aliphatic rings. The Morgan fingerprint density at radius 3 is 2.76 bits per heavy atom. The zero-order valence-corrected chi connectivity index (χ0v) is 10.4. The summed E-state index contributed by atoms with van der Waals surface area (Å²) in [7, 11) is 1.50. The first-order valence-electron chi connectivity index (χ1n) is 4.71. The van der Waals surface area contributed by atoms with Crippen molar-refractivity contribution in [1.82, 2.24) is 9.78 Å². The SMILES string of the molecule is COc1ccc(Cl)cc1-n1nccc(Cl)c1=O. The summed E-state index contributed by atoms with van der Waals surface area (Å²) in [6.07, 6.45) is 1.43. The highest BCUT2D eigenvalue weighted by atomic mass is 35.5. The molecule has 1 heterocycles. The van der Waals surface area contributed by atoms with Crippen molar-refractivity contribution in [2.45, 2.75) is 0 Å². The fraction of sp³-hybridized carbons (Fsp3) is 0.0909. The van der Waals surface area contributed by atoms with E-state index in [2.05, 4.69) is 5.10 Å². The topological polar surface area (TPSA) is 44.1 Å². The summed E-state index contributed by atoms with van der Waals surface area (Å²) in [5.41, 5.74) is 0.0298. The molecule has 0 amide bonds. The van der Waals surface area contributed by atoms with Crippen LogP contribution in [0.4, 0.5) is 0 Å². The molecule has 2 rings (SSSR count). The van der Waals surface area contributed by atoms with E-state index < -0.39 is 5.56 Å². The molecule has 0 aliphatic carbocycles. The van der Waals surface area contributed by atoms with E-state index in [9.17, 15) is 4.79 Å². The van der Waals surface area contributed by atoms with Crippen LogP contribution in [0.15, 0.2) is 35.3 Å². The smallest absolute Gasteiger partial charge is 0.290 e. The zero-order valence-electron chi connectivity index (χ0n) is 8.85. The van der Waals surface area contributed by atoms with Gasteiger partial charge in [-0.3, -0.25) is 4.79 Å². The Hall–Kier alpha value is -1.52. The van der Waals surface area contributed by atoms with E-state index in [0.717, 1.165) is 4.68 Å². The molecule has 0 unspecified atom stereocenters. The van der Waals surface area contributed by atoms with Gasteiger partial charge in [-0.2, -0.15) is 9.78 Å². The summed E-state index contributed by atoms with van der Waals surface area (Å²) < 4.78 is 6.29. The highest BCUT2D eigenvalue weighted by Crippen LogP contribution is 2.24. The summed E-state index contributed by atoms with van der Waals surface area (Å²) in [5.74, 6) is 0.492. The lowest BCUT2D eigenvalue weighted by atomic mass is 10.3. The van der Waals surface area contributed by atoms with Crippen LogP contribution in [-0.2, 0) is 0 Å². The van der Waals surface area contributed by atoms with Crippen molar-refractivity contribution >= 4 is 23.2 Å². The third kappa shape index (κ3) is 2.28. The lowest BCUT2D eigenvalue weighted by Gasteiger charge is -2.09. The molecule has 1 aromatic heterocycles. The fourth-order valence-electron chi connectivity index (χ4n) is 1.39. The predicted octanol–water partition coefficient (Wildman–Crippen LogP) is 2.55. The van der Waals surface area contributed by atoms with Gasteiger partial charge in [-0.25, -0.2) is 0 Å². The van der Waals surface area contributed by atoms with E-state index in [4.69, 9.17) is 27.9 Å². The second kappa shape index (κ2) is 4.77. The van der Waals surface area contributed by atoms with Crippen LogP contribution in [0.5, 0.6) is 5.75 Å². The summed E-state index contributed by atoms with van der Waals surface area (Å²) in [6.45, 7) is 0. The molecule has 0 aliphatic heterocycles. The summed E-state index contributed by atoms with van der Waals surface area (Å²) in [5, 5.41) is 4.51. The van der Waals surface area contributed by atoms with Gasteiger partial charge >= 0.3 is 0 Å². The van der Waals surface area contributed by atoms with Crippen molar-refractivity contribution in [3.05, 3.63) is 50.9 Å². The maximum Gasteiger partial charge on any atom is 0.290 e. The number of methoxy groups -OCH3 is 1. The Morgan fingerprint density at radius 2 is 2.06 bits per heavy atom. The van der Waals surface area contributed by atoms with E-state index in [1.807, 2.05) is 0 Å². The lowest BCUT2D eigenvalue weighted by Crippen LogP contribution is -2.21. The van der Waals surface area contributed by atoms with Crippen LogP contribution in [0.25, 0.3) is 5.69 Å². The lowest BCUT2D eigenvalue weighted by molar-refractivity contribution is 0.411. The van der Waals surface area contributed by atoms with Crippen LogP contribution in [0.2, 0.25) is 10.0 Å². The summed E-state index contributed by atoms with van der Waals surface area (Å²) in [6, 6.07) is 6.34. The molecule has 0 saturated carbocycles. The monoisotopic (exact) mass is 270 g/mol. The second-order valence-corrected chi connectivity index (χ2v) is 4.06. The average Bonchev–Trinajstić information content (AvgIpc) is 2.33. The van der Waals surface area contributed by atoms with Gasteiger partial charge in [0.2, 0.25) is 0 Å². The quantitative estimate of drug-likeness (QED) is 0.843. The number of hydrogen-bond acceptors (Lipinski definition) is 3. The van der Waals surface area contributed by atoms with E-state index in [1.54, 1.807) is 18.2 Å². The first-order valence-corrected chi connectivity index (χ1v) is 5.47. The molecule has 0 bridgehead atoms. The van der Waals surface area contributed by atoms with E-state index in [1.165, 1.54) is 19.4 Å². The Labute approximate surface area is 107 Å². The molecule has 2 aromatic rings. The number of hydrogen-bond donors (Lipinski definition) is 0. The molecule has 0 fully saturated rings. The van der Waals surface area contributed by atoms with Gasteiger partial charge in [0.05, 0.1) is 7.11 Å². The minimum atomic E-state index is -0.422. The first-order chi connectivity index (χ1) is 8.13. The maximum absolute atomic E-state index is 11.8. The number of aromatic nitrogens is 2. The number of halogens is 2. The summed E-state index contributed by atoms with van der Waals surface area (Å²) in [4.78, 5) is 11.8. The van der Waals surface area contributed by atoms with E-state index >= 15 is 0 Å². The van der Waals surface area contributed by atoms with Gasteiger partial charge in [0.1, 0.15) is 16.5 Å². The Bertz CT molecular complexity index is 611. The van der Waals surface area contributed by atoms with Gasteiger partial charge in [0.15, 0.2) is 0 Å². The molecule has 0 saturated heterocycles. The molecular weight excluding hydrogens is 263 g/mol. The van der Waals surface area contributed by atoms with E-state index in [-0.39, 0.29) is 5.02 Å². The fourth-order valence-corrected chi connectivity index (χ4v) is 1.69. The molecule has 88 valence electrons. The molecule has 17 heavy (non-hydrogen) atoms. The second-order valence-electron chi connectivity index (χ2n) is 3.21. The van der Waals surface area contributed by atoms with Crippen LogP contribution in [0.1, 0.15) is 0 Å². The van der Waals surface area contributed by atoms with Gasteiger partial charge in [0.25, 0.3) is 5.56 Å². The van der Waals surface area contributed by atoms with Gasteiger partial charge < -0.3 is 4.74 Å². The normalized spacial score (nSPS) is 10.3. The maximum atomic E-state index is 11.8. The Balaban J connectivity index is 2.71. The first kappa shape index (κ1) is 12.0. The average molecular weight is 271 g/mol. The van der Waals surface area contributed by atoms with Crippen molar-refractivity contribution < 1.29 is 4.74 Å². The standard InChI is InChI=1S/C11H8Cl2N2O2/c1-17-10-3-2-7(12)6-9(10)15-11(16)8(13)4-5-14-15/h2-6H,1H3. The number of benzene rings is 1. The molecule has 0 spiro atoms. The molecule has 6 heteroatoms.